The first kappa shape index (κ1) is 14.3. The summed E-state index contributed by atoms with van der Waals surface area (Å²) in [7, 11) is 1.58. The number of nitrogens with zero attached hydrogens (tertiary/aromatic N) is 3. The molecule has 6 heteroatoms. The van der Waals surface area contributed by atoms with Crippen molar-refractivity contribution in [3.63, 3.8) is 0 Å². The van der Waals surface area contributed by atoms with Crippen molar-refractivity contribution in [1.29, 1.82) is 0 Å². The average Bonchev–Trinajstić information content (AvgIpc) is 3.05. The van der Waals surface area contributed by atoms with Gasteiger partial charge in [0.15, 0.2) is 5.69 Å². The number of aromatic nitrogens is 3. The molecular weight excluding hydrogens is 302 g/mol. The number of ketones is 1. The predicted molar refractivity (Wildman–Crippen MR) is 82.8 cm³/mol. The second-order valence-electron chi connectivity index (χ2n) is 4.58. The average molecular weight is 314 g/mol. The van der Waals surface area contributed by atoms with Crippen molar-refractivity contribution in [2.45, 2.75) is 0 Å². The zero-order chi connectivity index (χ0) is 15.5. The summed E-state index contributed by atoms with van der Waals surface area (Å²) in [5.74, 6) is 0.504. The highest BCUT2D eigenvalue weighted by Gasteiger charge is 2.14. The van der Waals surface area contributed by atoms with Gasteiger partial charge in [0.25, 0.3) is 0 Å². The molecule has 0 aliphatic rings. The van der Waals surface area contributed by atoms with E-state index in [1.54, 1.807) is 61.8 Å². The van der Waals surface area contributed by atoms with Gasteiger partial charge >= 0.3 is 0 Å². The van der Waals surface area contributed by atoms with Crippen molar-refractivity contribution in [3.05, 3.63) is 71.0 Å². The van der Waals surface area contributed by atoms with Crippen LogP contribution in [0, 0.1) is 0 Å². The molecule has 2 aromatic carbocycles. The van der Waals surface area contributed by atoms with E-state index in [4.69, 9.17) is 16.3 Å². The van der Waals surface area contributed by atoms with Crippen LogP contribution >= 0.6 is 11.6 Å². The Labute approximate surface area is 132 Å². The molecule has 0 aliphatic carbocycles. The minimum atomic E-state index is -0.192. The number of hydrogen-bond donors (Lipinski definition) is 0. The van der Waals surface area contributed by atoms with Gasteiger partial charge in [-0.15, -0.1) is 5.10 Å². The zero-order valence-corrected chi connectivity index (χ0v) is 12.5. The topological polar surface area (TPSA) is 57.0 Å². The number of benzene rings is 2. The summed E-state index contributed by atoms with van der Waals surface area (Å²) in [5.41, 5.74) is 1.59. The number of carbonyl (C=O) groups is 1. The van der Waals surface area contributed by atoms with E-state index in [2.05, 4.69) is 10.3 Å². The predicted octanol–water partition coefficient (Wildman–Crippen LogP) is 3.16. The molecule has 0 saturated carbocycles. The molecule has 110 valence electrons. The van der Waals surface area contributed by atoms with E-state index in [9.17, 15) is 4.79 Å². The SMILES string of the molecule is COc1ccc(C(=O)c2cn(-c3ccc(Cl)cc3)nn2)cc1. The Balaban J connectivity index is 1.86. The van der Waals surface area contributed by atoms with Crippen LogP contribution in [0.25, 0.3) is 5.69 Å². The normalized spacial score (nSPS) is 10.5. The van der Waals surface area contributed by atoms with Crippen molar-refractivity contribution in [3.8, 4) is 11.4 Å². The molecule has 0 spiro atoms. The highest BCUT2D eigenvalue weighted by molar-refractivity contribution is 6.30. The van der Waals surface area contributed by atoms with Gasteiger partial charge in [0, 0.05) is 10.6 Å². The first-order valence-corrected chi connectivity index (χ1v) is 6.92. The fourth-order valence-corrected chi connectivity index (χ4v) is 2.10. The molecule has 1 aromatic heterocycles. The van der Waals surface area contributed by atoms with Crippen LogP contribution in [0.3, 0.4) is 0 Å². The molecule has 0 radical (unpaired) electrons. The third-order valence-corrected chi connectivity index (χ3v) is 3.42. The van der Waals surface area contributed by atoms with Crippen LogP contribution in [-0.2, 0) is 0 Å². The summed E-state index contributed by atoms with van der Waals surface area (Å²) in [6.07, 6.45) is 1.59. The molecule has 5 nitrogen and oxygen atoms in total. The molecule has 0 amide bonds. The standard InChI is InChI=1S/C16H12ClN3O2/c1-22-14-8-2-11(3-9-14)16(21)15-10-20(19-18-15)13-6-4-12(17)5-7-13/h2-10H,1H3. The maximum Gasteiger partial charge on any atom is 0.214 e. The van der Waals surface area contributed by atoms with Gasteiger partial charge in [-0.25, -0.2) is 4.68 Å². The van der Waals surface area contributed by atoms with Crippen LogP contribution in [0.1, 0.15) is 16.1 Å². The van der Waals surface area contributed by atoms with Crippen molar-refractivity contribution < 1.29 is 9.53 Å². The number of halogens is 1. The van der Waals surface area contributed by atoms with Gasteiger partial charge in [0.1, 0.15) is 5.75 Å². The van der Waals surface area contributed by atoms with Crippen molar-refractivity contribution in [1.82, 2.24) is 15.0 Å². The highest BCUT2D eigenvalue weighted by Crippen LogP contribution is 2.16. The summed E-state index contributed by atoms with van der Waals surface area (Å²) in [6, 6.07) is 14.0. The van der Waals surface area contributed by atoms with Gasteiger partial charge in [-0.2, -0.15) is 0 Å². The molecule has 1 heterocycles. The van der Waals surface area contributed by atoms with E-state index in [1.165, 1.54) is 4.68 Å². The lowest BCUT2D eigenvalue weighted by atomic mass is 10.1. The lowest BCUT2D eigenvalue weighted by Crippen LogP contribution is -2.01. The zero-order valence-electron chi connectivity index (χ0n) is 11.7. The van der Waals surface area contributed by atoms with Crippen LogP contribution in [0.15, 0.2) is 54.7 Å². The molecule has 0 fully saturated rings. The Hall–Kier alpha value is -2.66. The van der Waals surface area contributed by atoms with E-state index in [0.29, 0.717) is 16.3 Å². The number of rotatable bonds is 4. The third-order valence-electron chi connectivity index (χ3n) is 3.17. The summed E-state index contributed by atoms with van der Waals surface area (Å²) < 4.78 is 6.61. The number of hydrogen-bond acceptors (Lipinski definition) is 4. The van der Waals surface area contributed by atoms with Crippen molar-refractivity contribution in [2.75, 3.05) is 7.11 Å². The van der Waals surface area contributed by atoms with E-state index in [0.717, 1.165) is 5.69 Å². The highest BCUT2D eigenvalue weighted by atomic mass is 35.5. The fraction of sp³-hybridized carbons (Fsp3) is 0.0625. The maximum absolute atomic E-state index is 12.4. The van der Waals surface area contributed by atoms with Gasteiger partial charge in [-0.05, 0) is 48.5 Å². The van der Waals surface area contributed by atoms with Crippen molar-refractivity contribution in [2.24, 2.45) is 0 Å². The lowest BCUT2D eigenvalue weighted by Gasteiger charge is -2.01. The maximum atomic E-state index is 12.4. The summed E-state index contributed by atoms with van der Waals surface area (Å²) in [5, 5.41) is 8.54. The number of methoxy groups -OCH3 is 1. The van der Waals surface area contributed by atoms with E-state index >= 15 is 0 Å². The Morgan fingerprint density at radius 2 is 1.77 bits per heavy atom. The molecule has 0 N–H and O–H groups in total. The smallest absolute Gasteiger partial charge is 0.214 e. The fourth-order valence-electron chi connectivity index (χ4n) is 1.98. The first-order chi connectivity index (χ1) is 10.7. The Morgan fingerprint density at radius 1 is 1.09 bits per heavy atom. The largest absolute Gasteiger partial charge is 0.497 e. The van der Waals surface area contributed by atoms with Crippen LogP contribution in [0.2, 0.25) is 5.02 Å². The monoisotopic (exact) mass is 313 g/mol. The minimum Gasteiger partial charge on any atom is -0.497 e. The Kier molecular flexibility index (Phi) is 3.89. The van der Waals surface area contributed by atoms with E-state index in [-0.39, 0.29) is 11.5 Å². The Bertz CT molecular complexity index is 795. The molecular formula is C16H12ClN3O2. The Morgan fingerprint density at radius 3 is 2.41 bits per heavy atom. The van der Waals surface area contributed by atoms with Gasteiger partial charge in [0.05, 0.1) is 19.0 Å². The lowest BCUT2D eigenvalue weighted by molar-refractivity contribution is 0.103. The number of carbonyl (C=O) groups excluding carboxylic acids is 1. The molecule has 3 aromatic rings. The molecule has 0 atom stereocenters. The van der Waals surface area contributed by atoms with Gasteiger partial charge < -0.3 is 4.74 Å². The molecule has 0 saturated heterocycles. The molecule has 3 rings (SSSR count). The second kappa shape index (κ2) is 5.99. The van der Waals surface area contributed by atoms with Gasteiger partial charge in [-0.1, -0.05) is 16.8 Å². The van der Waals surface area contributed by atoms with E-state index < -0.39 is 0 Å². The molecule has 0 aliphatic heterocycles. The summed E-state index contributed by atoms with van der Waals surface area (Å²) in [4.78, 5) is 12.4. The third kappa shape index (κ3) is 2.84. The van der Waals surface area contributed by atoms with Crippen molar-refractivity contribution >= 4 is 17.4 Å². The number of ether oxygens (including phenoxy) is 1. The second-order valence-corrected chi connectivity index (χ2v) is 5.02. The van der Waals surface area contributed by atoms with Crippen LogP contribution in [-0.4, -0.2) is 27.9 Å². The van der Waals surface area contributed by atoms with Crippen LogP contribution in [0.4, 0.5) is 0 Å². The quantitative estimate of drug-likeness (QED) is 0.694. The van der Waals surface area contributed by atoms with Gasteiger partial charge in [0.2, 0.25) is 5.78 Å². The molecule has 0 bridgehead atoms. The first-order valence-electron chi connectivity index (χ1n) is 6.54. The van der Waals surface area contributed by atoms with Crippen LogP contribution < -0.4 is 4.74 Å². The molecule has 22 heavy (non-hydrogen) atoms. The summed E-state index contributed by atoms with van der Waals surface area (Å²) in [6.45, 7) is 0. The minimum absolute atomic E-state index is 0.192. The van der Waals surface area contributed by atoms with Gasteiger partial charge in [-0.3, -0.25) is 4.79 Å². The van der Waals surface area contributed by atoms with E-state index in [1.807, 2.05) is 0 Å². The molecule has 0 unspecified atom stereocenters. The van der Waals surface area contributed by atoms with Crippen LogP contribution in [0.5, 0.6) is 5.75 Å². The summed E-state index contributed by atoms with van der Waals surface area (Å²) >= 11 is 5.85.